The Hall–Kier alpha value is -2.53. The van der Waals surface area contributed by atoms with Crippen LogP contribution in [0.5, 0.6) is 11.5 Å². The van der Waals surface area contributed by atoms with E-state index in [1.807, 2.05) is 51.1 Å². The van der Waals surface area contributed by atoms with Gasteiger partial charge in [0.15, 0.2) is 0 Å². The average Bonchev–Trinajstić information content (AvgIpc) is 3.02. The van der Waals surface area contributed by atoms with Crippen molar-refractivity contribution in [2.75, 3.05) is 6.54 Å². The maximum absolute atomic E-state index is 11.6. The highest BCUT2D eigenvalue weighted by Crippen LogP contribution is 2.26. The molecule has 0 aliphatic carbocycles. The lowest BCUT2D eigenvalue weighted by molar-refractivity contribution is -0.120. The highest BCUT2D eigenvalue weighted by molar-refractivity contribution is 5.83. The van der Waals surface area contributed by atoms with Gasteiger partial charge in [-0.15, -0.1) is 0 Å². The van der Waals surface area contributed by atoms with E-state index in [0.717, 1.165) is 41.2 Å². The predicted molar refractivity (Wildman–Crippen MR) is 101 cm³/mol. The Kier molecular flexibility index (Phi) is 5.78. The number of hydrogen-bond acceptors (Lipinski definition) is 4. The number of aryl methyl sites for hydroxylation is 2. The van der Waals surface area contributed by atoms with Gasteiger partial charge in [0.1, 0.15) is 11.5 Å². The quantitative estimate of drug-likeness (QED) is 0.750. The predicted octanol–water partition coefficient (Wildman–Crippen LogP) is 3.09. The lowest BCUT2D eigenvalue weighted by Crippen LogP contribution is -2.35. The third-order valence-corrected chi connectivity index (χ3v) is 4.45. The third kappa shape index (κ3) is 4.55. The van der Waals surface area contributed by atoms with Gasteiger partial charge in [-0.3, -0.25) is 4.79 Å². The Balaban J connectivity index is 1.62. The van der Waals surface area contributed by atoms with Gasteiger partial charge >= 0.3 is 0 Å². The van der Waals surface area contributed by atoms with Gasteiger partial charge in [0, 0.05) is 20.0 Å². The van der Waals surface area contributed by atoms with Gasteiger partial charge in [0.2, 0.25) is 12.2 Å². The van der Waals surface area contributed by atoms with Gasteiger partial charge < -0.3 is 20.1 Å². The maximum atomic E-state index is 11.6. The number of benzene rings is 2. The molecule has 0 spiro atoms. The van der Waals surface area contributed by atoms with E-state index in [-0.39, 0.29) is 18.2 Å². The van der Waals surface area contributed by atoms with E-state index in [9.17, 15) is 4.79 Å². The standard InChI is InChI=1S/C21H26N2O3/c1-14-11-17(13-23-19-9-10-22-21(19)24)12-15(2)20(14)26-16(3)25-18-7-5-4-6-8-18/h4-8,11-12,16,19,23H,9-10,13H2,1-3H3,(H,22,24). The molecule has 0 aromatic heterocycles. The van der Waals surface area contributed by atoms with Crippen molar-refractivity contribution in [1.82, 2.24) is 10.6 Å². The first-order chi connectivity index (χ1) is 12.5. The molecule has 26 heavy (non-hydrogen) atoms. The summed E-state index contributed by atoms with van der Waals surface area (Å²) in [6.07, 6.45) is 0.452. The van der Waals surface area contributed by atoms with E-state index in [0.29, 0.717) is 6.54 Å². The van der Waals surface area contributed by atoms with E-state index in [1.165, 1.54) is 0 Å². The van der Waals surface area contributed by atoms with Crippen LogP contribution in [0.2, 0.25) is 0 Å². The summed E-state index contributed by atoms with van der Waals surface area (Å²) < 4.78 is 11.8. The molecule has 1 fully saturated rings. The van der Waals surface area contributed by atoms with E-state index in [2.05, 4.69) is 22.8 Å². The lowest BCUT2D eigenvalue weighted by atomic mass is 10.1. The molecule has 0 radical (unpaired) electrons. The normalized spacial score (nSPS) is 17.7. The molecule has 1 aliphatic heterocycles. The molecular formula is C21H26N2O3. The molecule has 5 heteroatoms. The van der Waals surface area contributed by atoms with Crippen LogP contribution in [0.4, 0.5) is 0 Å². The van der Waals surface area contributed by atoms with Crippen molar-refractivity contribution < 1.29 is 14.3 Å². The number of rotatable bonds is 7. The zero-order valence-electron chi connectivity index (χ0n) is 15.5. The number of hydrogen-bond donors (Lipinski definition) is 2. The van der Waals surface area contributed by atoms with Crippen molar-refractivity contribution >= 4 is 5.91 Å². The van der Waals surface area contributed by atoms with Crippen LogP contribution in [0.25, 0.3) is 0 Å². The summed E-state index contributed by atoms with van der Waals surface area (Å²) in [4.78, 5) is 11.6. The van der Waals surface area contributed by atoms with Crippen molar-refractivity contribution in [3.05, 3.63) is 59.2 Å². The minimum Gasteiger partial charge on any atom is -0.455 e. The highest BCUT2D eigenvalue weighted by atomic mass is 16.7. The summed E-state index contributed by atoms with van der Waals surface area (Å²) in [5.41, 5.74) is 3.26. The van der Waals surface area contributed by atoms with E-state index < -0.39 is 0 Å². The van der Waals surface area contributed by atoms with Crippen LogP contribution in [0.1, 0.15) is 30.0 Å². The van der Waals surface area contributed by atoms with Crippen molar-refractivity contribution in [1.29, 1.82) is 0 Å². The Labute approximate surface area is 154 Å². The molecule has 2 aromatic rings. The minimum absolute atomic E-state index is 0.0882. The smallest absolute Gasteiger partial charge is 0.238 e. The lowest BCUT2D eigenvalue weighted by Gasteiger charge is -2.20. The monoisotopic (exact) mass is 354 g/mol. The first kappa shape index (κ1) is 18.3. The molecule has 0 saturated carbocycles. The number of carbonyl (C=O) groups excluding carboxylic acids is 1. The molecule has 1 heterocycles. The van der Waals surface area contributed by atoms with E-state index in [1.54, 1.807) is 0 Å². The molecule has 2 aromatic carbocycles. The van der Waals surface area contributed by atoms with Crippen molar-refractivity contribution in [2.24, 2.45) is 0 Å². The molecule has 2 atom stereocenters. The second kappa shape index (κ2) is 8.23. The van der Waals surface area contributed by atoms with Gasteiger partial charge in [0.05, 0.1) is 6.04 Å². The molecule has 5 nitrogen and oxygen atoms in total. The van der Waals surface area contributed by atoms with Crippen LogP contribution < -0.4 is 20.1 Å². The molecule has 1 amide bonds. The zero-order valence-corrected chi connectivity index (χ0v) is 15.5. The fraction of sp³-hybridized carbons (Fsp3) is 0.381. The van der Waals surface area contributed by atoms with Crippen LogP contribution in [-0.2, 0) is 11.3 Å². The first-order valence-corrected chi connectivity index (χ1v) is 9.02. The molecule has 1 saturated heterocycles. The topological polar surface area (TPSA) is 59.6 Å². The van der Waals surface area contributed by atoms with Crippen LogP contribution in [0, 0.1) is 13.8 Å². The largest absolute Gasteiger partial charge is 0.455 e. The summed E-state index contributed by atoms with van der Waals surface area (Å²) in [6, 6.07) is 13.7. The Morgan fingerprint density at radius 2 is 1.85 bits per heavy atom. The van der Waals surface area contributed by atoms with Crippen LogP contribution in [0.3, 0.4) is 0 Å². The van der Waals surface area contributed by atoms with Gasteiger partial charge in [-0.05, 0) is 49.1 Å². The van der Waals surface area contributed by atoms with Crippen molar-refractivity contribution in [2.45, 2.75) is 46.1 Å². The first-order valence-electron chi connectivity index (χ1n) is 9.02. The van der Waals surface area contributed by atoms with Crippen molar-refractivity contribution in [3.8, 4) is 11.5 Å². The van der Waals surface area contributed by atoms with Crippen molar-refractivity contribution in [3.63, 3.8) is 0 Å². The van der Waals surface area contributed by atoms with Crippen LogP contribution >= 0.6 is 0 Å². The molecule has 0 bridgehead atoms. The molecular weight excluding hydrogens is 328 g/mol. The van der Waals surface area contributed by atoms with Crippen LogP contribution in [0.15, 0.2) is 42.5 Å². The number of nitrogens with one attached hydrogen (secondary N) is 2. The Morgan fingerprint density at radius 1 is 1.15 bits per heavy atom. The molecule has 138 valence electrons. The number of carbonyl (C=O) groups is 1. The number of para-hydroxylation sites is 1. The molecule has 1 aliphatic rings. The second-order valence-electron chi connectivity index (χ2n) is 6.69. The fourth-order valence-electron chi connectivity index (χ4n) is 3.24. The summed E-state index contributed by atoms with van der Waals surface area (Å²) in [7, 11) is 0. The Morgan fingerprint density at radius 3 is 2.46 bits per heavy atom. The summed E-state index contributed by atoms with van der Waals surface area (Å²) in [5.74, 6) is 1.71. The minimum atomic E-state index is -0.388. The van der Waals surface area contributed by atoms with Crippen LogP contribution in [-0.4, -0.2) is 24.8 Å². The summed E-state index contributed by atoms with van der Waals surface area (Å²) in [6.45, 7) is 7.36. The van der Waals surface area contributed by atoms with Gasteiger partial charge in [0.25, 0.3) is 0 Å². The molecule has 3 rings (SSSR count). The number of amides is 1. The average molecular weight is 354 g/mol. The SMILES string of the molecule is Cc1cc(CNC2CCNC2=O)cc(C)c1OC(C)Oc1ccccc1. The number of ether oxygens (including phenoxy) is 2. The van der Waals surface area contributed by atoms with E-state index in [4.69, 9.17) is 9.47 Å². The van der Waals surface area contributed by atoms with Gasteiger partial charge in [-0.2, -0.15) is 0 Å². The molecule has 2 N–H and O–H groups in total. The summed E-state index contributed by atoms with van der Waals surface area (Å²) in [5, 5.41) is 6.16. The highest BCUT2D eigenvalue weighted by Gasteiger charge is 2.23. The maximum Gasteiger partial charge on any atom is 0.238 e. The Bertz CT molecular complexity index is 738. The fourth-order valence-corrected chi connectivity index (χ4v) is 3.24. The van der Waals surface area contributed by atoms with Gasteiger partial charge in [-0.1, -0.05) is 30.3 Å². The zero-order chi connectivity index (χ0) is 18.5. The van der Waals surface area contributed by atoms with Gasteiger partial charge in [-0.25, -0.2) is 0 Å². The summed E-state index contributed by atoms with van der Waals surface area (Å²) >= 11 is 0. The molecule has 2 unspecified atom stereocenters. The third-order valence-electron chi connectivity index (χ3n) is 4.45. The van der Waals surface area contributed by atoms with E-state index >= 15 is 0 Å². The second-order valence-corrected chi connectivity index (χ2v) is 6.69.